The second kappa shape index (κ2) is 5.36. The Balaban J connectivity index is 2.09. The number of aliphatic hydroxyl groups is 1. The number of aryl methyl sites for hydroxylation is 1. The van der Waals surface area contributed by atoms with Crippen LogP contribution in [0.15, 0.2) is 6.33 Å². The molecule has 0 aliphatic heterocycles. The van der Waals surface area contributed by atoms with Crippen molar-refractivity contribution >= 4 is 0 Å². The number of ether oxygens (including phenoxy) is 1. The predicted octanol–water partition coefficient (Wildman–Crippen LogP) is 1.31. The first-order valence-electron chi connectivity index (χ1n) is 6.63. The first-order chi connectivity index (χ1) is 8.57. The molecule has 18 heavy (non-hydrogen) atoms. The van der Waals surface area contributed by atoms with Gasteiger partial charge in [-0.1, -0.05) is 19.8 Å². The lowest BCUT2D eigenvalue weighted by Crippen LogP contribution is -2.48. The normalized spacial score (nSPS) is 30.3. The largest absolute Gasteiger partial charge is 0.390 e. The minimum absolute atomic E-state index is 0.413. The van der Waals surface area contributed by atoms with E-state index in [0.717, 1.165) is 25.1 Å². The van der Waals surface area contributed by atoms with Gasteiger partial charge >= 0.3 is 0 Å². The molecule has 5 heteroatoms. The van der Waals surface area contributed by atoms with Crippen LogP contribution < -0.4 is 0 Å². The second-order valence-corrected chi connectivity index (χ2v) is 5.49. The highest BCUT2D eigenvalue weighted by molar-refractivity contribution is 4.98. The molecule has 102 valence electrons. The lowest BCUT2D eigenvalue weighted by atomic mass is 9.75. The van der Waals surface area contributed by atoms with E-state index in [2.05, 4.69) is 17.0 Å². The monoisotopic (exact) mass is 253 g/mol. The van der Waals surface area contributed by atoms with E-state index in [1.165, 1.54) is 12.7 Å². The molecule has 2 rings (SSSR count). The number of nitrogens with zero attached hydrogens (tertiary/aromatic N) is 3. The quantitative estimate of drug-likeness (QED) is 0.879. The third-order valence-corrected chi connectivity index (χ3v) is 4.19. The van der Waals surface area contributed by atoms with Crippen LogP contribution in [-0.4, -0.2) is 38.7 Å². The fourth-order valence-corrected chi connectivity index (χ4v) is 3.03. The first-order valence-corrected chi connectivity index (χ1v) is 6.63. The molecule has 0 amide bonds. The minimum Gasteiger partial charge on any atom is -0.390 e. The maximum absolute atomic E-state index is 10.5. The number of aromatic nitrogens is 3. The molecule has 0 aromatic carbocycles. The fourth-order valence-electron chi connectivity index (χ4n) is 3.03. The van der Waals surface area contributed by atoms with E-state index in [9.17, 15) is 5.11 Å². The van der Waals surface area contributed by atoms with E-state index >= 15 is 0 Å². The molecule has 1 aliphatic rings. The van der Waals surface area contributed by atoms with Gasteiger partial charge in [0.25, 0.3) is 0 Å². The molecule has 5 nitrogen and oxygen atoms in total. The zero-order valence-electron chi connectivity index (χ0n) is 11.5. The molecule has 3 atom stereocenters. The van der Waals surface area contributed by atoms with Gasteiger partial charge in [-0.15, -0.1) is 0 Å². The van der Waals surface area contributed by atoms with Crippen molar-refractivity contribution in [2.24, 2.45) is 13.0 Å². The van der Waals surface area contributed by atoms with Gasteiger partial charge in [-0.3, -0.25) is 4.68 Å². The zero-order chi connectivity index (χ0) is 13.2. The Bertz CT molecular complexity index is 393. The Labute approximate surface area is 108 Å². The lowest BCUT2D eigenvalue weighted by molar-refractivity contribution is -0.131. The van der Waals surface area contributed by atoms with Crippen LogP contribution in [0.3, 0.4) is 0 Å². The molecule has 1 aromatic rings. The SMILES string of the molecule is COC1(C(O)Cc2ncnn2C)CCCC(C)C1. The third kappa shape index (κ3) is 2.57. The molecule has 1 fully saturated rings. The molecule has 3 unspecified atom stereocenters. The molecule has 1 heterocycles. The molecule has 1 N–H and O–H groups in total. The molecular formula is C13H23N3O2. The van der Waals surface area contributed by atoms with Gasteiger partial charge in [0, 0.05) is 20.6 Å². The molecule has 0 spiro atoms. The summed E-state index contributed by atoms with van der Waals surface area (Å²) in [4.78, 5) is 4.17. The summed E-state index contributed by atoms with van der Waals surface area (Å²) in [6.07, 6.45) is 5.68. The molecule has 1 saturated carbocycles. The van der Waals surface area contributed by atoms with Crippen molar-refractivity contribution in [3.05, 3.63) is 12.2 Å². The molecule has 0 radical (unpaired) electrons. The maximum atomic E-state index is 10.5. The number of hydrogen-bond donors (Lipinski definition) is 1. The van der Waals surface area contributed by atoms with Gasteiger partial charge in [-0.25, -0.2) is 4.98 Å². The molecule has 1 aromatic heterocycles. The van der Waals surface area contributed by atoms with Gasteiger partial charge in [0.2, 0.25) is 0 Å². The van der Waals surface area contributed by atoms with Crippen LogP contribution in [0.2, 0.25) is 0 Å². The Morgan fingerprint density at radius 3 is 3.00 bits per heavy atom. The Morgan fingerprint density at radius 2 is 2.44 bits per heavy atom. The average molecular weight is 253 g/mol. The first kappa shape index (κ1) is 13.5. The predicted molar refractivity (Wildman–Crippen MR) is 68.1 cm³/mol. The Hall–Kier alpha value is -0.940. The summed E-state index contributed by atoms with van der Waals surface area (Å²) < 4.78 is 7.40. The van der Waals surface area contributed by atoms with Crippen LogP contribution >= 0.6 is 0 Å². The fraction of sp³-hybridized carbons (Fsp3) is 0.846. The molecule has 0 saturated heterocycles. The summed E-state index contributed by atoms with van der Waals surface area (Å²) in [5.74, 6) is 1.41. The summed E-state index contributed by atoms with van der Waals surface area (Å²) >= 11 is 0. The summed E-state index contributed by atoms with van der Waals surface area (Å²) in [7, 11) is 3.55. The Kier molecular flexibility index (Phi) is 4.02. The maximum Gasteiger partial charge on any atom is 0.138 e. The minimum atomic E-state index is -0.520. The van der Waals surface area contributed by atoms with Crippen molar-refractivity contribution in [2.75, 3.05) is 7.11 Å². The van der Waals surface area contributed by atoms with E-state index in [1.54, 1.807) is 11.8 Å². The number of rotatable bonds is 4. The van der Waals surface area contributed by atoms with E-state index in [0.29, 0.717) is 12.3 Å². The van der Waals surface area contributed by atoms with Gasteiger partial charge < -0.3 is 9.84 Å². The lowest BCUT2D eigenvalue weighted by Gasteiger charge is -2.42. The van der Waals surface area contributed by atoms with Gasteiger partial charge in [0.15, 0.2) is 0 Å². The zero-order valence-corrected chi connectivity index (χ0v) is 11.5. The summed E-state index contributed by atoms with van der Waals surface area (Å²) in [5, 5.41) is 14.6. The summed E-state index contributed by atoms with van der Waals surface area (Å²) in [6.45, 7) is 2.22. The van der Waals surface area contributed by atoms with Crippen molar-refractivity contribution in [2.45, 2.75) is 50.7 Å². The van der Waals surface area contributed by atoms with Crippen LogP contribution in [0, 0.1) is 5.92 Å². The van der Waals surface area contributed by atoms with Crippen LogP contribution in [0.1, 0.15) is 38.4 Å². The van der Waals surface area contributed by atoms with Crippen molar-refractivity contribution in [1.29, 1.82) is 0 Å². The van der Waals surface area contributed by atoms with E-state index in [1.807, 2.05) is 7.05 Å². The Morgan fingerprint density at radius 1 is 1.67 bits per heavy atom. The van der Waals surface area contributed by atoms with Crippen LogP contribution in [-0.2, 0) is 18.2 Å². The number of aliphatic hydroxyl groups excluding tert-OH is 1. The van der Waals surface area contributed by atoms with Crippen molar-refractivity contribution in [1.82, 2.24) is 14.8 Å². The topological polar surface area (TPSA) is 60.2 Å². The highest BCUT2D eigenvalue weighted by Gasteiger charge is 2.41. The van der Waals surface area contributed by atoms with Gasteiger partial charge in [0.05, 0.1) is 11.7 Å². The smallest absolute Gasteiger partial charge is 0.138 e. The van der Waals surface area contributed by atoms with Gasteiger partial charge in [0.1, 0.15) is 12.2 Å². The van der Waals surface area contributed by atoms with Gasteiger partial charge in [-0.2, -0.15) is 5.10 Å². The highest BCUT2D eigenvalue weighted by Crippen LogP contribution is 2.38. The van der Waals surface area contributed by atoms with Crippen LogP contribution in [0.25, 0.3) is 0 Å². The van der Waals surface area contributed by atoms with Crippen molar-refractivity contribution in [3.8, 4) is 0 Å². The van der Waals surface area contributed by atoms with Crippen LogP contribution in [0.5, 0.6) is 0 Å². The van der Waals surface area contributed by atoms with Gasteiger partial charge in [-0.05, 0) is 18.8 Å². The number of hydrogen-bond acceptors (Lipinski definition) is 4. The highest BCUT2D eigenvalue weighted by atomic mass is 16.5. The van der Waals surface area contributed by atoms with Crippen molar-refractivity contribution in [3.63, 3.8) is 0 Å². The van der Waals surface area contributed by atoms with Crippen molar-refractivity contribution < 1.29 is 9.84 Å². The second-order valence-electron chi connectivity index (χ2n) is 5.49. The van der Waals surface area contributed by atoms with E-state index < -0.39 is 11.7 Å². The third-order valence-electron chi connectivity index (χ3n) is 4.19. The standard InChI is InChI=1S/C13H23N3O2/c1-10-5-4-6-13(8-10,18-3)11(17)7-12-14-9-15-16(12)2/h9-11,17H,4-8H2,1-3H3. The summed E-state index contributed by atoms with van der Waals surface area (Å²) in [6, 6.07) is 0. The van der Waals surface area contributed by atoms with E-state index in [-0.39, 0.29) is 0 Å². The van der Waals surface area contributed by atoms with Crippen LogP contribution in [0.4, 0.5) is 0 Å². The summed E-state index contributed by atoms with van der Waals surface area (Å²) in [5.41, 5.74) is -0.413. The number of methoxy groups -OCH3 is 1. The molecule has 1 aliphatic carbocycles. The van der Waals surface area contributed by atoms with E-state index in [4.69, 9.17) is 4.74 Å². The molecule has 0 bridgehead atoms. The average Bonchev–Trinajstić information content (AvgIpc) is 2.75. The molecular weight excluding hydrogens is 230 g/mol.